The van der Waals surface area contributed by atoms with Crippen LogP contribution in [-0.4, -0.2) is 374 Å². The first-order valence-corrected chi connectivity index (χ1v) is 28.8. The molecule has 0 unspecified atom stereocenters. The summed E-state index contributed by atoms with van der Waals surface area (Å²) in [5.41, 5.74) is 0.00866. The molecule has 2 aromatic rings. The van der Waals surface area contributed by atoms with Crippen LogP contribution in [0.4, 0.5) is 0 Å². The number of carbonyl (C=O) groups is 1. The Hall–Kier alpha value is -3.39. The third-order valence-electron chi connectivity index (χ3n) is 17.2. The fourth-order valence-electron chi connectivity index (χ4n) is 12.2. The third kappa shape index (κ3) is 13.5. The number of phenols is 1. The van der Waals surface area contributed by atoms with Crippen molar-refractivity contribution < 1.29 is 178 Å². The van der Waals surface area contributed by atoms with Crippen molar-refractivity contribution in [1.29, 1.82) is 0 Å². The molecule has 0 saturated carbocycles. The Labute approximate surface area is 508 Å². The van der Waals surface area contributed by atoms with Crippen LogP contribution in [0, 0.1) is 0 Å². The molecule has 23 rings (SSSR count). The number of hydrogen-bond donors (Lipinski definition) is 22. The second-order valence-electron chi connectivity index (χ2n) is 22.9. The Morgan fingerprint density at radius 2 is 0.522 bits per heavy atom. The number of phenolic OH excluding ortho intramolecular Hbond substituents is 1. The monoisotopic (exact) mass is 1300 g/mol. The first-order valence-electron chi connectivity index (χ1n) is 28.8. The summed E-state index contributed by atoms with van der Waals surface area (Å²) in [7, 11) is 0. The molecule has 21 aliphatic heterocycles. The van der Waals surface area contributed by atoms with Gasteiger partial charge in [0.15, 0.2) is 44.0 Å². The molecule has 21 aliphatic rings. The number of carbonyl (C=O) groups excluding carboxylic acids is 1. The van der Waals surface area contributed by atoms with Crippen molar-refractivity contribution in [2.75, 3.05) is 46.2 Å². The number of aliphatic hydroxyl groups excluding tert-OH is 20. The lowest BCUT2D eigenvalue weighted by atomic mass is 9.95. The molecule has 1 amide bonds. The van der Waals surface area contributed by atoms with Gasteiger partial charge >= 0.3 is 0 Å². The fourth-order valence-corrected chi connectivity index (χ4v) is 12.2. The average molecular weight is 1300 g/mol. The van der Waals surface area contributed by atoms with Crippen LogP contribution in [0.25, 0.3) is 10.8 Å². The zero-order valence-corrected chi connectivity index (χ0v) is 47.1. The van der Waals surface area contributed by atoms with Crippen LogP contribution in [0.5, 0.6) is 5.75 Å². The van der Waals surface area contributed by atoms with Crippen LogP contribution in [0.1, 0.15) is 10.4 Å². The molecule has 35 atom stereocenters. The lowest BCUT2D eigenvalue weighted by Crippen LogP contribution is -2.68. The van der Waals surface area contributed by atoms with Crippen molar-refractivity contribution >= 4 is 16.7 Å². The lowest BCUT2D eigenvalue weighted by Gasteiger charge is -2.50. The van der Waals surface area contributed by atoms with Gasteiger partial charge in [-0.15, -0.1) is 0 Å². The molecule has 21 fully saturated rings. The van der Waals surface area contributed by atoms with E-state index in [1.54, 1.807) is 0 Å². The number of hydrogen-bond acceptors (Lipinski definition) is 36. The third-order valence-corrected chi connectivity index (χ3v) is 17.2. The van der Waals surface area contributed by atoms with Crippen LogP contribution in [0.2, 0.25) is 0 Å². The minimum Gasteiger partial charge on any atom is -0.507 e. The molecular formula is C53H77NO36. The molecule has 0 spiro atoms. The smallest absolute Gasteiger partial charge is 0.252 e. The highest BCUT2D eigenvalue weighted by Gasteiger charge is 2.59. The summed E-state index contributed by atoms with van der Waals surface area (Å²) in [5, 5.41) is 238. The Morgan fingerprint density at radius 1 is 0.300 bits per heavy atom. The minimum atomic E-state index is -2.29. The number of aliphatic hydroxyl groups is 20. The number of fused-ring (bicyclic) bond motifs is 1. The van der Waals surface area contributed by atoms with E-state index in [1.807, 2.05) is 0 Å². The van der Waals surface area contributed by atoms with Gasteiger partial charge in [-0.2, -0.15) is 0 Å². The lowest BCUT2D eigenvalue weighted by molar-refractivity contribution is -0.396. The van der Waals surface area contributed by atoms with E-state index in [1.165, 1.54) is 36.4 Å². The van der Waals surface area contributed by atoms with Crippen molar-refractivity contribution in [2.45, 2.75) is 215 Å². The van der Waals surface area contributed by atoms with Crippen molar-refractivity contribution in [3.63, 3.8) is 0 Å². The van der Waals surface area contributed by atoms with Crippen molar-refractivity contribution in [3.05, 3.63) is 42.0 Å². The second kappa shape index (κ2) is 29.3. The van der Waals surface area contributed by atoms with Crippen molar-refractivity contribution in [3.8, 4) is 5.75 Å². The highest BCUT2D eigenvalue weighted by atomic mass is 16.8. The molecule has 37 nitrogen and oxygen atoms in total. The summed E-state index contributed by atoms with van der Waals surface area (Å²) >= 11 is 0. The molecule has 2 aromatic carbocycles. The van der Waals surface area contributed by atoms with Gasteiger partial charge in [0.2, 0.25) is 0 Å². The van der Waals surface area contributed by atoms with E-state index in [-0.39, 0.29) is 22.1 Å². The predicted molar refractivity (Wildman–Crippen MR) is 279 cm³/mol. The molecule has 0 aromatic heterocycles. The normalized spacial score (nSPS) is 49.0. The molecular weight excluding hydrogens is 1230 g/mol. The molecule has 510 valence electrons. The van der Waals surface area contributed by atoms with Gasteiger partial charge in [-0.05, 0) is 17.5 Å². The van der Waals surface area contributed by atoms with Gasteiger partial charge < -0.3 is 179 Å². The largest absolute Gasteiger partial charge is 0.507 e. The predicted octanol–water partition coefficient (Wildman–Crippen LogP) is -12.9. The molecule has 0 radical (unpaired) electrons. The van der Waals surface area contributed by atoms with Gasteiger partial charge in [0.1, 0.15) is 177 Å². The molecule has 0 aliphatic carbocycles. The van der Waals surface area contributed by atoms with Crippen LogP contribution in [-0.2, 0) is 66.3 Å². The van der Waals surface area contributed by atoms with Crippen molar-refractivity contribution in [1.82, 2.24) is 5.32 Å². The van der Waals surface area contributed by atoms with Gasteiger partial charge in [-0.3, -0.25) is 4.79 Å². The summed E-state index contributed by atoms with van der Waals surface area (Å²) in [6.07, 6.45) is -71.9. The summed E-state index contributed by atoms with van der Waals surface area (Å²) < 4.78 is 81.3. The van der Waals surface area contributed by atoms with Gasteiger partial charge in [0.25, 0.3) is 5.91 Å². The molecule has 22 N–H and O–H groups in total. The van der Waals surface area contributed by atoms with Crippen molar-refractivity contribution in [2.24, 2.45) is 0 Å². The van der Waals surface area contributed by atoms with E-state index in [2.05, 4.69) is 5.32 Å². The SMILES string of the molecule is O=C(NC[C@H]1O[C@@H]2O[C@H]3[C@H](O)[C@@H](O)[C@@H](O[C@H]4[C@H](O)[C@@H](O)[C@@H](O[C@H]5[C@H](O)[C@@H](O)[C@@H](O[C@H]6[C@H](O)[C@@H](O)[C@@H](O[C@H]7[C@H](O)[C@@H](O)[C@@H](O[C@H]8[C@H](O)[C@@H](O)[C@@H](O[C@H]1[C@H](O)[C@H]2O)O[C@@H]8CO)O[C@@H]7CO)O[C@@H]6CO)O[C@@H]5CO)O[C@@H]4CO)O[C@@H]3CO)c1cccc2c(O)cccc12. The van der Waals surface area contributed by atoms with E-state index in [4.69, 9.17) is 66.3 Å². The highest BCUT2D eigenvalue weighted by Crippen LogP contribution is 2.39. The Kier molecular flexibility index (Phi) is 22.6. The van der Waals surface area contributed by atoms with Crippen LogP contribution in [0.3, 0.4) is 0 Å². The number of ether oxygens (including phenoxy) is 14. The number of nitrogens with one attached hydrogen (secondary N) is 1. The number of aromatic hydroxyl groups is 1. The summed E-state index contributed by atoms with van der Waals surface area (Å²) in [6, 6.07) is 8.79. The molecule has 21 saturated heterocycles. The molecule has 37 heteroatoms. The first-order chi connectivity index (χ1) is 43.0. The van der Waals surface area contributed by atoms with Gasteiger partial charge in [-0.1, -0.05) is 24.3 Å². The first kappa shape index (κ1) is 69.4. The van der Waals surface area contributed by atoms with Crippen LogP contribution in [0.15, 0.2) is 36.4 Å². The summed E-state index contributed by atoms with van der Waals surface area (Å²) in [4.78, 5) is 14.0. The zero-order valence-electron chi connectivity index (χ0n) is 47.1. The van der Waals surface area contributed by atoms with E-state index < -0.39 is 267 Å². The van der Waals surface area contributed by atoms with E-state index >= 15 is 0 Å². The van der Waals surface area contributed by atoms with Gasteiger partial charge in [0.05, 0.1) is 39.6 Å². The molecule has 21 heterocycles. The standard InChI is InChI=1S/C53H77NO36/c55-8-19-40-27(64)34(71)49(79-19)87-42-21(10-57)81-51(36(73)29(42)66)89-44-23(12-59)83-53(38(75)31(44)68)90-45-24(13-60)82-52(37(74)30(45)67)88-43-22(11-58)80-50(35(72)28(43)65)86-41-20(9-56)78-48(33(70)26(41)63)84-39-18(77-47(85-40)32(69)25(39)62)7-54-46(76)16-5-1-4-15-14(16)3-2-6-17(15)61/h1-6,18-45,47-53,55-75H,7-13H2,(H,54,76)/t18-,19-,20-,21-,22-,23-,24-,25-,26-,27-,28-,29-,30-,31-,32-,33-,34-,35-,36-,37-,38-,39-,40-,41-,42-,43-,44-,45-,47-,48-,49-,50-,51-,52-,53-/m1/s1. The minimum absolute atomic E-state index is 0.00866. The van der Waals surface area contributed by atoms with Gasteiger partial charge in [0, 0.05) is 17.5 Å². The zero-order chi connectivity index (χ0) is 64.9. The highest BCUT2D eigenvalue weighted by molar-refractivity contribution is 6.08. The average Bonchev–Trinajstić information content (AvgIpc) is 0.837. The topological polar surface area (TPSA) is 583 Å². The number of amides is 1. The summed E-state index contributed by atoms with van der Waals surface area (Å²) in [6.45, 7) is -7.16. The van der Waals surface area contributed by atoms with Gasteiger partial charge in [-0.25, -0.2) is 0 Å². The van der Waals surface area contributed by atoms with E-state index in [9.17, 15) is 112 Å². The molecule has 14 bridgehead atoms. The maximum atomic E-state index is 14.0. The maximum absolute atomic E-state index is 14.0. The van der Waals surface area contributed by atoms with Crippen LogP contribution >= 0.6 is 0 Å². The Balaban J connectivity index is 0.955. The van der Waals surface area contributed by atoms with E-state index in [0.29, 0.717) is 0 Å². The summed E-state index contributed by atoms with van der Waals surface area (Å²) in [5.74, 6) is -0.987. The quantitative estimate of drug-likeness (QED) is 0.111. The Morgan fingerprint density at radius 3 is 0.778 bits per heavy atom. The molecule has 90 heavy (non-hydrogen) atoms. The fraction of sp³-hybridized carbons (Fsp3) is 0.792. The number of benzene rings is 2. The van der Waals surface area contributed by atoms with Crippen LogP contribution < -0.4 is 5.32 Å². The number of rotatable bonds is 9. The second-order valence-corrected chi connectivity index (χ2v) is 22.9. The maximum Gasteiger partial charge on any atom is 0.252 e. The van der Waals surface area contributed by atoms with E-state index in [0.717, 1.165) is 0 Å². The Bertz CT molecular complexity index is 2640.